The summed E-state index contributed by atoms with van der Waals surface area (Å²) in [5.41, 5.74) is 7.61. The van der Waals surface area contributed by atoms with Gasteiger partial charge < -0.3 is 26.8 Å². The van der Waals surface area contributed by atoms with Crippen molar-refractivity contribution in [3.63, 3.8) is 0 Å². The Hall–Kier alpha value is -2.86. The number of nitrogens with two attached hydrogens (primary N) is 2. The van der Waals surface area contributed by atoms with Gasteiger partial charge in [0.05, 0.1) is 40.3 Å². The third-order valence-corrected chi connectivity index (χ3v) is 7.91. The van der Waals surface area contributed by atoms with Gasteiger partial charge in [-0.1, -0.05) is 18.5 Å². The summed E-state index contributed by atoms with van der Waals surface area (Å²) in [5, 5.41) is 33.4. The first kappa shape index (κ1) is 24.3. The zero-order chi connectivity index (χ0) is 25.6. The standard InChI is InChI=1S/C22H24ClN3O8/c1-5-6-4-7(23)13(24)17(29)9(6)15(27)10-8(5)16(28)12-14(26(2)3)18(30)11(21(25)33)20(32)22(12,34)19(10)31/h4-5,8,10-12,14,16,28-29,34H,24H2,1-3H3,(H2,25,33)/t5-,8+,10?,11?,12+,14-,16-,22-/m0/s1. The monoisotopic (exact) mass is 493 g/mol. The summed E-state index contributed by atoms with van der Waals surface area (Å²) in [6.45, 7) is 1.58. The highest BCUT2D eigenvalue weighted by molar-refractivity contribution is 6.35. The van der Waals surface area contributed by atoms with E-state index >= 15 is 0 Å². The molecule has 0 radical (unpaired) electrons. The maximum Gasteiger partial charge on any atom is 0.235 e. The largest absolute Gasteiger partial charge is 0.505 e. The molecule has 11 nitrogen and oxygen atoms in total. The Morgan fingerprint density at radius 2 is 1.76 bits per heavy atom. The van der Waals surface area contributed by atoms with Gasteiger partial charge in [0.1, 0.15) is 0 Å². The number of phenols is 1. The summed E-state index contributed by atoms with van der Waals surface area (Å²) in [7, 11) is 2.84. The van der Waals surface area contributed by atoms with E-state index in [0.29, 0.717) is 0 Å². The van der Waals surface area contributed by atoms with Crippen molar-refractivity contribution in [3.8, 4) is 5.75 Å². The van der Waals surface area contributed by atoms with Crippen LogP contribution in [-0.4, -0.2) is 81.1 Å². The molecule has 0 bridgehead atoms. The van der Waals surface area contributed by atoms with Crippen molar-refractivity contribution in [1.82, 2.24) is 4.90 Å². The van der Waals surface area contributed by atoms with Crippen LogP contribution < -0.4 is 11.5 Å². The van der Waals surface area contributed by atoms with Crippen LogP contribution in [0, 0.1) is 23.7 Å². The number of rotatable bonds is 2. The Morgan fingerprint density at radius 3 is 2.29 bits per heavy atom. The number of aliphatic hydroxyl groups excluding tert-OH is 1. The molecule has 2 unspecified atom stereocenters. The van der Waals surface area contributed by atoms with E-state index < -0.39 is 82.1 Å². The molecule has 0 aromatic heterocycles. The fourth-order valence-corrected chi connectivity index (χ4v) is 6.24. The number of hydrogen-bond acceptors (Lipinski definition) is 10. The van der Waals surface area contributed by atoms with Gasteiger partial charge >= 0.3 is 0 Å². The minimum atomic E-state index is -3.04. The summed E-state index contributed by atoms with van der Waals surface area (Å²) in [4.78, 5) is 66.7. The molecule has 0 heterocycles. The molecule has 182 valence electrons. The molecule has 0 saturated heterocycles. The van der Waals surface area contributed by atoms with Crippen LogP contribution in [0.5, 0.6) is 5.75 Å². The zero-order valence-corrected chi connectivity index (χ0v) is 19.2. The first-order valence-corrected chi connectivity index (χ1v) is 10.9. The maximum absolute atomic E-state index is 13.7. The Morgan fingerprint density at radius 1 is 1.18 bits per heavy atom. The lowest BCUT2D eigenvalue weighted by Crippen LogP contribution is -2.77. The Bertz CT molecular complexity index is 1180. The van der Waals surface area contributed by atoms with Gasteiger partial charge in [0.25, 0.3) is 0 Å². The summed E-state index contributed by atoms with van der Waals surface area (Å²) in [5.74, 6) is -14.1. The molecule has 1 aromatic carbocycles. The predicted octanol–water partition coefficient (Wildman–Crippen LogP) is -1.37. The SMILES string of the molecule is C[C@H]1c2cc(Cl)c(N)c(O)c2C(=O)C2C(=O)[C@]3(O)C(=O)C(C(N)=O)C(=O)[C@@H](N(C)C)[C@@H]3[C@@H](O)[C@@H]21. The molecule has 7 N–H and O–H groups in total. The normalized spacial score (nSPS) is 37.3. The fraction of sp³-hybridized carbons (Fsp3) is 0.500. The van der Waals surface area contributed by atoms with Crippen molar-refractivity contribution >= 4 is 46.3 Å². The number of halogens is 1. The van der Waals surface area contributed by atoms with Crippen molar-refractivity contribution in [2.45, 2.75) is 30.6 Å². The van der Waals surface area contributed by atoms with Gasteiger partial charge in [-0.3, -0.25) is 28.9 Å². The number of primary amides is 1. The van der Waals surface area contributed by atoms with Gasteiger partial charge in [-0.05, 0) is 31.6 Å². The number of Topliss-reactive ketones (excluding diaryl/α,β-unsaturated/α-hetero) is 4. The number of aliphatic hydroxyl groups is 2. The zero-order valence-electron chi connectivity index (χ0n) is 18.5. The van der Waals surface area contributed by atoms with Gasteiger partial charge in [-0.25, -0.2) is 0 Å². The number of carbonyl (C=O) groups is 5. The lowest BCUT2D eigenvalue weighted by atomic mass is 9.49. The summed E-state index contributed by atoms with van der Waals surface area (Å²) < 4.78 is 0. The van der Waals surface area contributed by atoms with E-state index in [1.165, 1.54) is 25.1 Å². The van der Waals surface area contributed by atoms with Crippen LogP contribution in [-0.2, 0) is 19.2 Å². The lowest BCUT2D eigenvalue weighted by Gasteiger charge is -2.56. The molecule has 2 saturated carbocycles. The Balaban J connectivity index is 1.98. The molecule has 1 aromatic rings. The highest BCUT2D eigenvalue weighted by Gasteiger charge is 2.72. The number of nitrogen functional groups attached to an aromatic ring is 1. The molecular formula is C22H24ClN3O8. The average Bonchev–Trinajstić information content (AvgIpc) is 2.74. The molecular weight excluding hydrogens is 470 g/mol. The summed E-state index contributed by atoms with van der Waals surface area (Å²) >= 11 is 6.08. The molecule has 0 aliphatic heterocycles. The number of fused-ring (bicyclic) bond motifs is 3. The number of nitrogens with zero attached hydrogens (tertiary/aromatic N) is 1. The van der Waals surface area contributed by atoms with Gasteiger partial charge in [0, 0.05) is 5.92 Å². The quantitative estimate of drug-likeness (QED) is 0.186. The fourth-order valence-electron chi connectivity index (χ4n) is 6.03. The topological polar surface area (TPSA) is 201 Å². The van der Waals surface area contributed by atoms with E-state index in [-0.39, 0.29) is 21.8 Å². The van der Waals surface area contributed by atoms with Crippen LogP contribution >= 0.6 is 11.6 Å². The van der Waals surface area contributed by atoms with E-state index in [9.17, 15) is 39.3 Å². The van der Waals surface area contributed by atoms with Crippen LogP contribution in [0.3, 0.4) is 0 Å². The van der Waals surface area contributed by atoms with E-state index in [4.69, 9.17) is 23.1 Å². The number of anilines is 1. The molecule has 3 aliphatic carbocycles. The van der Waals surface area contributed by atoms with Crippen molar-refractivity contribution in [2.24, 2.45) is 29.4 Å². The van der Waals surface area contributed by atoms with Crippen molar-refractivity contribution in [2.75, 3.05) is 19.8 Å². The van der Waals surface area contributed by atoms with E-state index in [0.717, 1.165) is 0 Å². The predicted molar refractivity (Wildman–Crippen MR) is 117 cm³/mol. The highest BCUT2D eigenvalue weighted by atomic mass is 35.5. The smallest absolute Gasteiger partial charge is 0.235 e. The average molecular weight is 494 g/mol. The van der Waals surface area contributed by atoms with E-state index in [1.807, 2.05) is 0 Å². The molecule has 0 spiro atoms. The molecule has 34 heavy (non-hydrogen) atoms. The first-order valence-electron chi connectivity index (χ1n) is 10.5. The second-order valence-electron chi connectivity index (χ2n) is 9.45. The number of carbonyl (C=O) groups excluding carboxylic acids is 5. The summed E-state index contributed by atoms with van der Waals surface area (Å²) in [6, 6.07) is -0.0703. The van der Waals surface area contributed by atoms with E-state index in [2.05, 4.69) is 0 Å². The maximum atomic E-state index is 13.7. The minimum absolute atomic E-state index is 0.0408. The summed E-state index contributed by atoms with van der Waals surface area (Å²) in [6.07, 6.45) is -1.70. The molecule has 8 atom stereocenters. The third-order valence-electron chi connectivity index (χ3n) is 7.60. The number of amides is 1. The van der Waals surface area contributed by atoms with E-state index in [1.54, 1.807) is 6.92 Å². The number of hydrogen-bond donors (Lipinski definition) is 5. The van der Waals surface area contributed by atoms with Crippen LogP contribution in [0.1, 0.15) is 28.8 Å². The first-order chi connectivity index (χ1) is 15.7. The van der Waals surface area contributed by atoms with Gasteiger partial charge in [0.15, 0.2) is 40.4 Å². The Kier molecular flexibility index (Phi) is 5.40. The molecule has 1 amide bonds. The second kappa shape index (κ2) is 7.57. The number of benzene rings is 1. The number of ketones is 4. The minimum Gasteiger partial charge on any atom is -0.505 e. The van der Waals surface area contributed by atoms with Gasteiger partial charge in [-0.15, -0.1) is 0 Å². The molecule has 12 heteroatoms. The van der Waals surface area contributed by atoms with Crippen LogP contribution in [0.4, 0.5) is 5.69 Å². The Labute approximate surface area is 198 Å². The molecule has 4 rings (SSSR count). The molecule has 2 fully saturated rings. The van der Waals surface area contributed by atoms with Gasteiger partial charge in [0.2, 0.25) is 5.91 Å². The number of likely N-dealkylation sites (N-methyl/N-ethyl adjacent to an activating group) is 1. The highest BCUT2D eigenvalue weighted by Crippen LogP contribution is 2.55. The molecule has 3 aliphatic rings. The van der Waals surface area contributed by atoms with Gasteiger partial charge in [-0.2, -0.15) is 0 Å². The van der Waals surface area contributed by atoms with Crippen LogP contribution in [0.25, 0.3) is 0 Å². The lowest BCUT2D eigenvalue weighted by molar-refractivity contribution is -0.196. The van der Waals surface area contributed by atoms with Crippen LogP contribution in [0.2, 0.25) is 5.02 Å². The third kappa shape index (κ3) is 2.78. The number of aromatic hydroxyl groups is 1. The van der Waals surface area contributed by atoms with Crippen molar-refractivity contribution < 1.29 is 39.3 Å². The second-order valence-corrected chi connectivity index (χ2v) is 9.86. The van der Waals surface area contributed by atoms with Crippen molar-refractivity contribution in [1.29, 1.82) is 0 Å². The van der Waals surface area contributed by atoms with Crippen LogP contribution in [0.15, 0.2) is 6.07 Å². The van der Waals surface area contributed by atoms with Crippen molar-refractivity contribution in [3.05, 3.63) is 22.2 Å². The number of phenolic OH excluding ortho intramolecular Hbond substituents is 1.